The van der Waals surface area contributed by atoms with Gasteiger partial charge in [0.1, 0.15) is 11.2 Å². The molecule has 0 N–H and O–H groups in total. The van der Waals surface area contributed by atoms with Gasteiger partial charge in [-0.05, 0) is 76.7 Å². The molecule has 2 nitrogen and oxygen atoms in total. The van der Waals surface area contributed by atoms with Crippen molar-refractivity contribution in [3.63, 3.8) is 0 Å². The quantitative estimate of drug-likeness (QED) is 0.186. The van der Waals surface area contributed by atoms with Gasteiger partial charge in [0.2, 0.25) is 0 Å². The molecule has 0 radical (unpaired) electrons. The molecule has 3 heteroatoms. The van der Waals surface area contributed by atoms with Crippen molar-refractivity contribution in [2.24, 2.45) is 0 Å². The average Bonchev–Trinajstić information content (AvgIpc) is 3.75. The summed E-state index contributed by atoms with van der Waals surface area (Å²) in [6, 6.07) is 63.1. The SMILES string of the molecule is c1ccc(N(c2ccc(-c3cccc4sc5ccccc5c34)cc2)c2ccccc2-c2cccc3oc4c5ccccc5ccc4c23)cc1. The van der Waals surface area contributed by atoms with E-state index in [1.165, 1.54) is 36.7 Å². The fourth-order valence-electron chi connectivity index (χ4n) is 7.48. The third-order valence-electron chi connectivity index (χ3n) is 9.68. The predicted molar refractivity (Wildman–Crippen MR) is 210 cm³/mol. The highest BCUT2D eigenvalue weighted by Gasteiger charge is 2.21. The molecule has 0 aliphatic rings. The van der Waals surface area contributed by atoms with Crippen molar-refractivity contribution < 1.29 is 4.42 Å². The smallest absolute Gasteiger partial charge is 0.143 e. The van der Waals surface area contributed by atoms with Gasteiger partial charge in [-0.3, -0.25) is 0 Å². The lowest BCUT2D eigenvalue weighted by atomic mass is 9.96. The minimum absolute atomic E-state index is 0.893. The average molecular weight is 644 g/mol. The second-order valence-electron chi connectivity index (χ2n) is 12.5. The molecule has 8 aromatic carbocycles. The van der Waals surface area contributed by atoms with Crippen LogP contribution < -0.4 is 4.90 Å². The predicted octanol–water partition coefficient (Wildman–Crippen LogP) is 13.9. The Bertz CT molecular complexity index is 2830. The summed E-state index contributed by atoms with van der Waals surface area (Å²) in [6.45, 7) is 0. The van der Waals surface area contributed by atoms with E-state index < -0.39 is 0 Å². The highest BCUT2D eigenvalue weighted by molar-refractivity contribution is 7.25. The van der Waals surface area contributed by atoms with Crippen LogP contribution in [0.2, 0.25) is 0 Å². The van der Waals surface area contributed by atoms with Gasteiger partial charge < -0.3 is 9.32 Å². The highest BCUT2D eigenvalue weighted by atomic mass is 32.1. The van der Waals surface area contributed by atoms with Gasteiger partial charge in [-0.15, -0.1) is 11.3 Å². The monoisotopic (exact) mass is 643 g/mol. The van der Waals surface area contributed by atoms with Crippen LogP contribution in [0.5, 0.6) is 0 Å². The Kier molecular flexibility index (Phi) is 6.39. The number of rotatable bonds is 5. The van der Waals surface area contributed by atoms with Gasteiger partial charge in [0, 0.05) is 53.3 Å². The second kappa shape index (κ2) is 11.2. The van der Waals surface area contributed by atoms with Crippen LogP contribution in [-0.4, -0.2) is 0 Å². The lowest BCUT2D eigenvalue weighted by molar-refractivity contribution is 0.673. The zero-order valence-corrected chi connectivity index (χ0v) is 27.3. The minimum Gasteiger partial charge on any atom is -0.455 e. The third-order valence-corrected chi connectivity index (χ3v) is 10.8. The summed E-state index contributed by atoms with van der Waals surface area (Å²) in [5.74, 6) is 0. The summed E-state index contributed by atoms with van der Waals surface area (Å²) >= 11 is 1.86. The Hall–Kier alpha value is -6.16. The topological polar surface area (TPSA) is 16.4 Å². The zero-order valence-electron chi connectivity index (χ0n) is 26.5. The van der Waals surface area contributed by atoms with Crippen LogP contribution in [0.4, 0.5) is 17.1 Å². The number of hydrogen-bond donors (Lipinski definition) is 0. The number of para-hydroxylation sites is 2. The van der Waals surface area contributed by atoms with E-state index in [2.05, 4.69) is 181 Å². The number of anilines is 3. The van der Waals surface area contributed by atoms with E-state index in [4.69, 9.17) is 4.42 Å². The molecule has 0 saturated heterocycles. The maximum Gasteiger partial charge on any atom is 0.143 e. The molecule has 0 amide bonds. The van der Waals surface area contributed by atoms with Crippen LogP contribution in [0.1, 0.15) is 0 Å². The van der Waals surface area contributed by atoms with E-state index in [0.29, 0.717) is 0 Å². The molecular formula is C46H29NOS. The molecule has 0 atom stereocenters. The van der Waals surface area contributed by atoms with Gasteiger partial charge in [-0.1, -0.05) is 121 Å². The van der Waals surface area contributed by atoms with Crippen molar-refractivity contribution in [3.05, 3.63) is 176 Å². The Morgan fingerprint density at radius 1 is 0.408 bits per heavy atom. The van der Waals surface area contributed by atoms with Crippen molar-refractivity contribution in [1.82, 2.24) is 0 Å². The van der Waals surface area contributed by atoms with Gasteiger partial charge in [-0.25, -0.2) is 0 Å². The van der Waals surface area contributed by atoms with Gasteiger partial charge in [0.15, 0.2) is 0 Å². The van der Waals surface area contributed by atoms with Gasteiger partial charge >= 0.3 is 0 Å². The molecule has 10 aromatic rings. The fraction of sp³-hybridized carbons (Fsp3) is 0. The lowest BCUT2D eigenvalue weighted by Crippen LogP contribution is -2.11. The van der Waals surface area contributed by atoms with Crippen LogP contribution in [0.15, 0.2) is 180 Å². The maximum absolute atomic E-state index is 6.59. The number of fused-ring (bicyclic) bond motifs is 8. The molecule has 230 valence electrons. The summed E-state index contributed by atoms with van der Waals surface area (Å²) in [5, 5.41) is 7.22. The molecule has 0 spiro atoms. The van der Waals surface area contributed by atoms with Crippen molar-refractivity contribution in [3.8, 4) is 22.3 Å². The van der Waals surface area contributed by atoms with Crippen molar-refractivity contribution >= 4 is 81.3 Å². The van der Waals surface area contributed by atoms with Gasteiger partial charge in [0.25, 0.3) is 0 Å². The molecule has 2 aromatic heterocycles. The van der Waals surface area contributed by atoms with Gasteiger partial charge in [-0.2, -0.15) is 0 Å². The van der Waals surface area contributed by atoms with E-state index in [9.17, 15) is 0 Å². The molecule has 10 rings (SSSR count). The molecule has 2 heterocycles. The van der Waals surface area contributed by atoms with Crippen LogP contribution in [0.25, 0.3) is 75.1 Å². The van der Waals surface area contributed by atoms with E-state index >= 15 is 0 Å². The number of benzene rings is 8. The zero-order chi connectivity index (χ0) is 32.3. The van der Waals surface area contributed by atoms with Crippen LogP contribution in [0.3, 0.4) is 0 Å². The lowest BCUT2D eigenvalue weighted by Gasteiger charge is -2.28. The van der Waals surface area contributed by atoms with Crippen molar-refractivity contribution in [1.29, 1.82) is 0 Å². The summed E-state index contributed by atoms with van der Waals surface area (Å²) in [6.07, 6.45) is 0. The summed E-state index contributed by atoms with van der Waals surface area (Å²) in [7, 11) is 0. The first-order valence-electron chi connectivity index (χ1n) is 16.6. The molecule has 0 aliphatic heterocycles. The Balaban J connectivity index is 1.15. The van der Waals surface area contributed by atoms with Crippen LogP contribution >= 0.6 is 11.3 Å². The number of nitrogens with zero attached hydrogens (tertiary/aromatic N) is 1. The summed E-state index contributed by atoms with van der Waals surface area (Å²) in [4.78, 5) is 2.37. The van der Waals surface area contributed by atoms with Crippen molar-refractivity contribution in [2.45, 2.75) is 0 Å². The molecule has 0 bridgehead atoms. The van der Waals surface area contributed by atoms with Crippen molar-refractivity contribution in [2.75, 3.05) is 4.90 Å². The molecule has 0 unspecified atom stereocenters. The molecule has 49 heavy (non-hydrogen) atoms. The second-order valence-corrected chi connectivity index (χ2v) is 13.5. The Labute approximate surface area is 287 Å². The molecule has 0 saturated carbocycles. The van der Waals surface area contributed by atoms with E-state index in [-0.39, 0.29) is 0 Å². The summed E-state index contributed by atoms with van der Waals surface area (Å²) in [5.41, 5.74) is 9.90. The van der Waals surface area contributed by atoms with Gasteiger partial charge in [0.05, 0.1) is 5.69 Å². The largest absolute Gasteiger partial charge is 0.455 e. The maximum atomic E-state index is 6.59. The minimum atomic E-state index is 0.893. The first-order valence-corrected chi connectivity index (χ1v) is 17.4. The highest BCUT2D eigenvalue weighted by Crippen LogP contribution is 2.46. The Morgan fingerprint density at radius 3 is 1.98 bits per heavy atom. The Morgan fingerprint density at radius 2 is 1.08 bits per heavy atom. The first kappa shape index (κ1) is 27.9. The van der Waals surface area contributed by atoms with E-state index in [0.717, 1.165) is 55.5 Å². The summed E-state index contributed by atoms with van der Waals surface area (Å²) < 4.78 is 9.23. The molecular weight excluding hydrogens is 615 g/mol. The normalized spacial score (nSPS) is 11.7. The van der Waals surface area contributed by atoms with E-state index in [1.807, 2.05) is 11.3 Å². The fourth-order valence-corrected chi connectivity index (χ4v) is 8.62. The van der Waals surface area contributed by atoms with Crippen LogP contribution in [-0.2, 0) is 0 Å². The first-order chi connectivity index (χ1) is 24.3. The number of hydrogen-bond acceptors (Lipinski definition) is 3. The molecule has 0 fully saturated rings. The van der Waals surface area contributed by atoms with Crippen LogP contribution in [0, 0.1) is 0 Å². The standard InChI is InChI=1S/C46H29NOS/c1-2-13-32(14-3-1)47(33-27-24-31(25-28-33)34-18-11-23-43-45(34)38-17-7-9-22-42(38)49-43)40-20-8-6-16-36(40)37-19-10-21-41-44(37)39-29-26-30-12-4-5-15-35(30)46(39)48-41/h1-29H. The number of thiophene rings is 1. The third kappa shape index (κ3) is 4.47. The number of furan rings is 1. The molecule has 0 aliphatic carbocycles. The van der Waals surface area contributed by atoms with E-state index in [1.54, 1.807) is 0 Å².